The summed E-state index contributed by atoms with van der Waals surface area (Å²) < 4.78 is 42.2. The zero-order valence-electron chi connectivity index (χ0n) is 11.8. The normalized spacial score (nSPS) is 15.6. The summed E-state index contributed by atoms with van der Waals surface area (Å²) in [5, 5.41) is 20.2. The van der Waals surface area contributed by atoms with Crippen molar-refractivity contribution in [3.05, 3.63) is 0 Å². The van der Waals surface area contributed by atoms with E-state index in [1.54, 1.807) is 20.8 Å². The van der Waals surface area contributed by atoms with Crippen LogP contribution in [0.15, 0.2) is 0 Å². The van der Waals surface area contributed by atoms with E-state index in [1.807, 2.05) is 0 Å². The number of aliphatic hydroxyl groups excluding tert-OH is 2. The molecule has 8 heteroatoms. The van der Waals surface area contributed by atoms with Crippen LogP contribution in [0, 0.1) is 5.92 Å². The molecule has 20 heavy (non-hydrogen) atoms. The minimum Gasteiger partial charge on any atom is -0.444 e. The zero-order valence-corrected chi connectivity index (χ0v) is 11.8. The molecule has 1 amide bonds. The average molecular weight is 301 g/mol. The number of amides is 1. The van der Waals surface area contributed by atoms with Crippen molar-refractivity contribution in [3.8, 4) is 0 Å². The largest absolute Gasteiger partial charge is 0.444 e. The molecule has 0 aliphatic carbocycles. The van der Waals surface area contributed by atoms with Crippen molar-refractivity contribution in [3.63, 3.8) is 0 Å². The highest BCUT2D eigenvalue weighted by Crippen LogP contribution is 2.28. The van der Waals surface area contributed by atoms with Gasteiger partial charge in [-0.3, -0.25) is 0 Å². The summed E-state index contributed by atoms with van der Waals surface area (Å²) in [5.41, 5.74) is -0.791. The van der Waals surface area contributed by atoms with E-state index in [0.29, 0.717) is 0 Å². The highest BCUT2D eigenvalue weighted by atomic mass is 19.4. The molecule has 0 aromatic carbocycles. The summed E-state index contributed by atoms with van der Waals surface area (Å²) >= 11 is 0. The van der Waals surface area contributed by atoms with Gasteiger partial charge in [0.25, 0.3) is 0 Å². The van der Waals surface area contributed by atoms with Crippen LogP contribution >= 0.6 is 0 Å². The average Bonchev–Trinajstić information content (AvgIpc) is 2.21. The molecule has 0 fully saturated rings. The maximum atomic E-state index is 12.4. The third-order valence-electron chi connectivity index (χ3n) is 2.46. The monoisotopic (exact) mass is 301 g/mol. The van der Waals surface area contributed by atoms with E-state index >= 15 is 0 Å². The fraction of sp³-hybridized carbons (Fsp3) is 0.917. The Balaban J connectivity index is 4.70. The number of halogens is 3. The molecule has 0 heterocycles. The lowest BCUT2D eigenvalue weighted by Crippen LogP contribution is -2.46. The quantitative estimate of drug-likeness (QED) is 0.699. The fourth-order valence-corrected chi connectivity index (χ4v) is 1.68. The maximum absolute atomic E-state index is 12.4. The molecule has 0 bridgehead atoms. The number of hydrogen-bond donors (Lipinski definition) is 3. The number of alkyl halides is 3. The molecule has 3 N–H and O–H groups in total. The van der Waals surface area contributed by atoms with E-state index in [2.05, 4.69) is 5.32 Å². The molecule has 0 saturated heterocycles. The molecular formula is C12H22F3NO4. The molecule has 0 aromatic rings. The van der Waals surface area contributed by atoms with Crippen LogP contribution in [0.25, 0.3) is 0 Å². The molecule has 120 valence electrons. The van der Waals surface area contributed by atoms with Gasteiger partial charge in [0.05, 0.1) is 12.6 Å². The van der Waals surface area contributed by atoms with Crippen molar-refractivity contribution >= 4 is 6.09 Å². The number of aliphatic hydroxyl groups is 2. The Hall–Kier alpha value is -1.02. The Morgan fingerprint density at radius 2 is 1.80 bits per heavy atom. The lowest BCUT2D eigenvalue weighted by atomic mass is 9.93. The van der Waals surface area contributed by atoms with Crippen molar-refractivity contribution < 1.29 is 32.9 Å². The molecule has 0 unspecified atom stereocenters. The van der Waals surface area contributed by atoms with Gasteiger partial charge in [0.15, 0.2) is 0 Å². The molecule has 0 saturated carbocycles. The van der Waals surface area contributed by atoms with Crippen LogP contribution in [0.5, 0.6) is 0 Å². The van der Waals surface area contributed by atoms with Gasteiger partial charge < -0.3 is 20.3 Å². The van der Waals surface area contributed by atoms with E-state index in [-0.39, 0.29) is 6.42 Å². The number of ether oxygens (including phenoxy) is 1. The van der Waals surface area contributed by atoms with Crippen LogP contribution in [-0.2, 0) is 4.74 Å². The third-order valence-corrected chi connectivity index (χ3v) is 2.46. The maximum Gasteiger partial charge on any atom is 0.407 e. The van der Waals surface area contributed by atoms with E-state index in [1.165, 1.54) is 0 Å². The molecule has 0 radical (unpaired) electrons. The Bertz CT molecular complexity index is 302. The molecule has 2 atom stereocenters. The highest BCUT2D eigenvalue weighted by molar-refractivity contribution is 5.68. The highest BCUT2D eigenvalue weighted by Gasteiger charge is 2.36. The van der Waals surface area contributed by atoms with Crippen molar-refractivity contribution in [2.75, 3.05) is 13.2 Å². The molecule has 0 aromatic heterocycles. The molecule has 0 rings (SSSR count). The zero-order chi connectivity index (χ0) is 16.0. The van der Waals surface area contributed by atoms with Crippen LogP contribution in [0.3, 0.4) is 0 Å². The molecular weight excluding hydrogens is 279 g/mol. The number of alkyl carbamates (subject to hydrolysis) is 1. The van der Waals surface area contributed by atoms with Gasteiger partial charge >= 0.3 is 12.3 Å². The van der Waals surface area contributed by atoms with Crippen molar-refractivity contribution in [1.29, 1.82) is 0 Å². The fourth-order valence-electron chi connectivity index (χ4n) is 1.68. The summed E-state index contributed by atoms with van der Waals surface area (Å²) in [6, 6.07) is -1.13. The Morgan fingerprint density at radius 1 is 1.25 bits per heavy atom. The van der Waals surface area contributed by atoms with E-state index in [4.69, 9.17) is 14.9 Å². The number of carbonyl (C=O) groups is 1. The minimum absolute atomic E-state index is 0.180. The van der Waals surface area contributed by atoms with E-state index in [0.717, 1.165) is 0 Å². The first kappa shape index (κ1) is 19.0. The predicted octanol–water partition coefficient (Wildman–Crippen LogP) is 1.82. The summed E-state index contributed by atoms with van der Waals surface area (Å²) in [4.78, 5) is 11.5. The lowest BCUT2D eigenvalue weighted by molar-refractivity contribution is -0.148. The van der Waals surface area contributed by atoms with Gasteiger partial charge in [-0.05, 0) is 33.1 Å². The Morgan fingerprint density at radius 3 is 2.15 bits per heavy atom. The Labute approximate surface area is 116 Å². The first-order valence-corrected chi connectivity index (χ1v) is 6.26. The predicted molar refractivity (Wildman–Crippen MR) is 66.1 cm³/mol. The number of rotatable bonds is 6. The summed E-state index contributed by atoms with van der Waals surface area (Å²) in [7, 11) is 0. The van der Waals surface area contributed by atoms with E-state index < -0.39 is 49.5 Å². The van der Waals surface area contributed by atoms with Crippen molar-refractivity contribution in [1.82, 2.24) is 5.32 Å². The van der Waals surface area contributed by atoms with Gasteiger partial charge in [-0.25, -0.2) is 4.79 Å². The molecule has 5 nitrogen and oxygen atoms in total. The Kier molecular flexibility index (Phi) is 7.29. The third kappa shape index (κ3) is 8.98. The van der Waals surface area contributed by atoms with Gasteiger partial charge in [-0.2, -0.15) is 13.2 Å². The SMILES string of the molecule is CC(C)(C)OC(=O)N[C@@H](CO)[C@@H](CCO)CC(F)(F)F. The first-order valence-electron chi connectivity index (χ1n) is 6.26. The molecule has 0 spiro atoms. The lowest BCUT2D eigenvalue weighted by Gasteiger charge is -2.28. The number of hydrogen-bond acceptors (Lipinski definition) is 4. The van der Waals surface area contributed by atoms with Crippen molar-refractivity contribution in [2.24, 2.45) is 5.92 Å². The second-order valence-electron chi connectivity index (χ2n) is 5.53. The van der Waals surface area contributed by atoms with Gasteiger partial charge in [0.2, 0.25) is 0 Å². The van der Waals surface area contributed by atoms with Crippen LogP contribution in [0.4, 0.5) is 18.0 Å². The first-order chi connectivity index (χ1) is 8.98. The number of nitrogens with one attached hydrogen (secondary N) is 1. The molecule has 0 aliphatic rings. The van der Waals surface area contributed by atoms with Crippen LogP contribution < -0.4 is 5.32 Å². The summed E-state index contributed by atoms with van der Waals surface area (Å²) in [5.74, 6) is -1.11. The minimum atomic E-state index is -4.44. The second kappa shape index (κ2) is 7.68. The standard InChI is InChI=1S/C12H22F3NO4/c1-11(2,3)20-10(19)16-9(7-18)8(4-5-17)6-12(13,14)15/h8-9,17-18H,4-7H2,1-3H3,(H,16,19)/t8-,9-/m0/s1. The number of carbonyl (C=O) groups excluding carboxylic acids is 1. The van der Waals surface area contributed by atoms with Crippen LogP contribution in [-0.4, -0.2) is 47.3 Å². The van der Waals surface area contributed by atoms with E-state index in [9.17, 15) is 18.0 Å². The van der Waals surface area contributed by atoms with Crippen LogP contribution in [0.2, 0.25) is 0 Å². The van der Waals surface area contributed by atoms with Gasteiger partial charge in [0.1, 0.15) is 5.60 Å². The summed E-state index contributed by atoms with van der Waals surface area (Å²) in [6.45, 7) is 3.71. The van der Waals surface area contributed by atoms with Crippen LogP contribution in [0.1, 0.15) is 33.6 Å². The topological polar surface area (TPSA) is 78.8 Å². The van der Waals surface area contributed by atoms with Gasteiger partial charge in [-0.15, -0.1) is 0 Å². The smallest absolute Gasteiger partial charge is 0.407 e. The van der Waals surface area contributed by atoms with Crippen molar-refractivity contribution in [2.45, 2.75) is 51.4 Å². The van der Waals surface area contributed by atoms with Gasteiger partial charge in [0, 0.05) is 13.0 Å². The van der Waals surface area contributed by atoms with Gasteiger partial charge in [-0.1, -0.05) is 0 Å². The second-order valence-corrected chi connectivity index (χ2v) is 5.53. The molecule has 0 aliphatic heterocycles. The summed E-state index contributed by atoms with van der Waals surface area (Å²) in [6.07, 6.45) is -6.72.